The molecule has 0 aliphatic carbocycles. The summed E-state index contributed by atoms with van der Waals surface area (Å²) in [4.78, 5) is 2.27. The van der Waals surface area contributed by atoms with E-state index in [4.69, 9.17) is 0 Å². The molecule has 2 aliphatic heterocycles. The van der Waals surface area contributed by atoms with Crippen LogP contribution in [-0.4, -0.2) is 31.1 Å². The number of nitrogens with one attached hydrogen (secondary N) is 1. The van der Waals surface area contributed by atoms with E-state index < -0.39 is 11.6 Å². The van der Waals surface area contributed by atoms with Crippen molar-refractivity contribution in [3.63, 3.8) is 0 Å². The van der Waals surface area contributed by atoms with E-state index in [2.05, 4.69) is 10.2 Å². The van der Waals surface area contributed by atoms with E-state index in [-0.39, 0.29) is 0 Å². The highest BCUT2D eigenvalue weighted by Gasteiger charge is 2.38. The fourth-order valence-electron chi connectivity index (χ4n) is 3.44. The Kier molecular flexibility index (Phi) is 3.54. The predicted octanol–water partition coefficient (Wildman–Crippen LogP) is 2.54. The molecule has 0 aromatic heterocycles. The molecule has 2 nitrogen and oxygen atoms in total. The monoisotopic (exact) mass is 266 g/mol. The largest absolute Gasteiger partial charge is 0.317 e. The van der Waals surface area contributed by atoms with Crippen LogP contribution in [0.5, 0.6) is 0 Å². The summed E-state index contributed by atoms with van der Waals surface area (Å²) in [5.41, 5.74) is 0.890. The highest BCUT2D eigenvalue weighted by Crippen LogP contribution is 2.39. The van der Waals surface area contributed by atoms with Crippen LogP contribution in [0, 0.1) is 17.0 Å². The van der Waals surface area contributed by atoms with E-state index in [0.717, 1.165) is 26.2 Å². The smallest absolute Gasteiger partial charge is 0.163 e. The first-order chi connectivity index (χ1) is 9.19. The van der Waals surface area contributed by atoms with Crippen molar-refractivity contribution in [2.75, 3.05) is 26.2 Å². The SMILES string of the molecule is Fc1cccc(CN2CCC3(CCNCC3)C2)c1F. The van der Waals surface area contributed by atoms with Crippen LogP contribution in [-0.2, 0) is 6.54 Å². The normalized spacial score (nSPS) is 23.1. The molecule has 1 spiro atoms. The number of likely N-dealkylation sites (tertiary alicyclic amines) is 1. The molecule has 1 aromatic rings. The Hall–Kier alpha value is -1.00. The first-order valence-corrected chi connectivity index (χ1v) is 7.05. The molecule has 2 aliphatic rings. The summed E-state index contributed by atoms with van der Waals surface area (Å²) < 4.78 is 26.9. The van der Waals surface area contributed by atoms with E-state index in [1.165, 1.54) is 25.3 Å². The molecule has 0 bridgehead atoms. The molecule has 1 aromatic carbocycles. The lowest BCUT2D eigenvalue weighted by Crippen LogP contribution is -2.38. The molecule has 0 amide bonds. The molecular formula is C15H20F2N2. The maximum Gasteiger partial charge on any atom is 0.163 e. The highest BCUT2D eigenvalue weighted by atomic mass is 19.2. The number of hydrogen-bond donors (Lipinski definition) is 1. The first-order valence-electron chi connectivity index (χ1n) is 7.05. The molecule has 2 fully saturated rings. The number of benzene rings is 1. The van der Waals surface area contributed by atoms with E-state index in [1.54, 1.807) is 12.1 Å². The second-order valence-corrected chi connectivity index (χ2v) is 5.92. The molecule has 4 heteroatoms. The highest BCUT2D eigenvalue weighted by molar-refractivity contribution is 5.19. The van der Waals surface area contributed by atoms with Gasteiger partial charge in [0.05, 0.1) is 0 Å². The summed E-state index contributed by atoms with van der Waals surface area (Å²) in [6.07, 6.45) is 3.59. The van der Waals surface area contributed by atoms with Crippen LogP contribution in [0.4, 0.5) is 8.78 Å². The van der Waals surface area contributed by atoms with Crippen molar-refractivity contribution < 1.29 is 8.78 Å². The van der Waals surface area contributed by atoms with Gasteiger partial charge in [0.15, 0.2) is 11.6 Å². The van der Waals surface area contributed by atoms with Crippen LogP contribution >= 0.6 is 0 Å². The minimum Gasteiger partial charge on any atom is -0.317 e. The van der Waals surface area contributed by atoms with Crippen molar-refractivity contribution in [1.82, 2.24) is 10.2 Å². The summed E-state index contributed by atoms with van der Waals surface area (Å²) >= 11 is 0. The Morgan fingerprint density at radius 3 is 2.74 bits per heavy atom. The van der Waals surface area contributed by atoms with Gasteiger partial charge >= 0.3 is 0 Å². The Balaban J connectivity index is 1.67. The summed E-state index contributed by atoms with van der Waals surface area (Å²) in [6, 6.07) is 4.45. The van der Waals surface area contributed by atoms with Gasteiger partial charge in [0.1, 0.15) is 0 Å². The second kappa shape index (κ2) is 5.17. The zero-order valence-corrected chi connectivity index (χ0v) is 11.1. The zero-order valence-electron chi connectivity index (χ0n) is 11.1. The molecule has 1 N–H and O–H groups in total. The van der Waals surface area contributed by atoms with Crippen molar-refractivity contribution >= 4 is 0 Å². The van der Waals surface area contributed by atoms with Gasteiger partial charge in [0.25, 0.3) is 0 Å². The van der Waals surface area contributed by atoms with Crippen LogP contribution in [0.2, 0.25) is 0 Å². The van der Waals surface area contributed by atoms with E-state index in [1.807, 2.05) is 0 Å². The van der Waals surface area contributed by atoms with Gasteiger partial charge in [-0.2, -0.15) is 0 Å². The third kappa shape index (κ3) is 2.65. The predicted molar refractivity (Wildman–Crippen MR) is 70.8 cm³/mol. The third-order valence-electron chi connectivity index (χ3n) is 4.61. The Morgan fingerprint density at radius 1 is 1.16 bits per heavy atom. The average Bonchev–Trinajstić information content (AvgIpc) is 2.79. The molecule has 2 heterocycles. The minimum absolute atomic E-state index is 0.412. The lowest BCUT2D eigenvalue weighted by molar-refractivity contribution is 0.193. The van der Waals surface area contributed by atoms with Gasteiger partial charge in [0, 0.05) is 18.7 Å². The number of rotatable bonds is 2. The summed E-state index contributed by atoms with van der Waals surface area (Å²) in [6.45, 7) is 4.71. The fraction of sp³-hybridized carbons (Fsp3) is 0.600. The van der Waals surface area contributed by atoms with Gasteiger partial charge in [-0.15, -0.1) is 0 Å². The van der Waals surface area contributed by atoms with Gasteiger partial charge in [-0.1, -0.05) is 12.1 Å². The fourth-order valence-corrected chi connectivity index (χ4v) is 3.44. The molecule has 0 radical (unpaired) electrons. The van der Waals surface area contributed by atoms with Crippen LogP contribution in [0.3, 0.4) is 0 Å². The average molecular weight is 266 g/mol. The van der Waals surface area contributed by atoms with Gasteiger partial charge in [0.2, 0.25) is 0 Å². The molecule has 0 unspecified atom stereocenters. The Morgan fingerprint density at radius 2 is 1.95 bits per heavy atom. The maximum atomic E-state index is 13.7. The molecule has 19 heavy (non-hydrogen) atoms. The molecule has 2 saturated heterocycles. The van der Waals surface area contributed by atoms with Crippen LogP contribution in [0.15, 0.2) is 18.2 Å². The van der Waals surface area contributed by atoms with E-state index in [0.29, 0.717) is 17.5 Å². The molecular weight excluding hydrogens is 246 g/mol. The van der Waals surface area contributed by atoms with Gasteiger partial charge in [-0.3, -0.25) is 4.90 Å². The lowest BCUT2D eigenvalue weighted by atomic mass is 9.78. The van der Waals surface area contributed by atoms with Crippen LogP contribution in [0.25, 0.3) is 0 Å². The van der Waals surface area contributed by atoms with Crippen LogP contribution in [0.1, 0.15) is 24.8 Å². The third-order valence-corrected chi connectivity index (χ3v) is 4.61. The van der Waals surface area contributed by atoms with Gasteiger partial charge in [-0.25, -0.2) is 8.78 Å². The number of piperidine rings is 1. The van der Waals surface area contributed by atoms with Crippen molar-refractivity contribution in [2.45, 2.75) is 25.8 Å². The molecule has 0 saturated carbocycles. The summed E-state index contributed by atoms with van der Waals surface area (Å²) in [5, 5.41) is 3.39. The standard InChI is InChI=1S/C15H20F2N2/c16-13-3-1-2-12(14(13)17)10-19-9-6-15(11-19)4-7-18-8-5-15/h1-3,18H,4-11H2. The molecule has 104 valence electrons. The number of nitrogens with zero attached hydrogens (tertiary/aromatic N) is 1. The minimum atomic E-state index is -0.742. The maximum absolute atomic E-state index is 13.7. The van der Waals surface area contributed by atoms with Crippen molar-refractivity contribution in [3.8, 4) is 0 Å². The molecule has 0 atom stereocenters. The zero-order chi connectivity index (χ0) is 13.3. The first kappa shape index (κ1) is 13.0. The van der Waals surface area contributed by atoms with Crippen molar-refractivity contribution in [2.24, 2.45) is 5.41 Å². The topological polar surface area (TPSA) is 15.3 Å². The Labute approximate surface area is 112 Å². The summed E-state index contributed by atoms with van der Waals surface area (Å²) in [5.74, 6) is -1.43. The van der Waals surface area contributed by atoms with Crippen molar-refractivity contribution in [1.29, 1.82) is 0 Å². The van der Waals surface area contributed by atoms with Gasteiger partial charge in [-0.05, 0) is 50.4 Å². The Bertz CT molecular complexity index is 455. The lowest BCUT2D eigenvalue weighted by Gasteiger charge is -2.34. The number of halogens is 2. The quantitative estimate of drug-likeness (QED) is 0.885. The van der Waals surface area contributed by atoms with Crippen molar-refractivity contribution in [3.05, 3.63) is 35.4 Å². The summed E-state index contributed by atoms with van der Waals surface area (Å²) in [7, 11) is 0. The molecule has 3 rings (SSSR count). The number of hydrogen-bond acceptors (Lipinski definition) is 2. The second-order valence-electron chi connectivity index (χ2n) is 5.92. The van der Waals surface area contributed by atoms with E-state index in [9.17, 15) is 8.78 Å². The van der Waals surface area contributed by atoms with Gasteiger partial charge < -0.3 is 5.32 Å². The van der Waals surface area contributed by atoms with E-state index >= 15 is 0 Å². The van der Waals surface area contributed by atoms with Crippen LogP contribution < -0.4 is 5.32 Å².